The molecule has 0 aliphatic heterocycles. The Kier molecular flexibility index (Phi) is 2.36. The van der Waals surface area contributed by atoms with Crippen LogP contribution < -0.4 is 0 Å². The van der Waals surface area contributed by atoms with Crippen LogP contribution in [0.15, 0.2) is 41.3 Å². The molecule has 4 heteroatoms. The summed E-state index contributed by atoms with van der Waals surface area (Å²) in [6.07, 6.45) is 4.76. The molecule has 2 aromatic heterocycles. The summed E-state index contributed by atoms with van der Waals surface area (Å²) in [5.74, 6) is 0.640. The summed E-state index contributed by atoms with van der Waals surface area (Å²) in [6, 6.07) is 5.16. The topological polar surface area (TPSA) is 56.0 Å². The van der Waals surface area contributed by atoms with E-state index in [1.54, 1.807) is 24.5 Å². The van der Waals surface area contributed by atoms with Gasteiger partial charge in [-0.2, -0.15) is 10.2 Å². The molecule has 2 rings (SSSR count). The zero-order chi connectivity index (χ0) is 9.80. The largest absolute Gasteiger partial charge is 0.469 e. The van der Waals surface area contributed by atoms with Gasteiger partial charge in [-0.15, -0.1) is 0 Å². The molecule has 70 valence electrons. The fourth-order valence-electron chi connectivity index (χ4n) is 1.13. The molecule has 4 nitrogen and oxygen atoms in total. The number of ketones is 1. The van der Waals surface area contributed by atoms with Crippen LogP contribution in [0.3, 0.4) is 0 Å². The van der Waals surface area contributed by atoms with Gasteiger partial charge >= 0.3 is 0 Å². The highest BCUT2D eigenvalue weighted by atomic mass is 16.3. The fraction of sp³-hybridized carbons (Fsp3) is 0.100. The van der Waals surface area contributed by atoms with E-state index in [4.69, 9.17) is 4.42 Å². The van der Waals surface area contributed by atoms with Gasteiger partial charge in [0.15, 0.2) is 5.78 Å². The summed E-state index contributed by atoms with van der Waals surface area (Å²) in [7, 11) is 0. The summed E-state index contributed by atoms with van der Waals surface area (Å²) in [5.41, 5.74) is 0.552. The van der Waals surface area contributed by atoms with Crippen molar-refractivity contribution in [3.8, 4) is 0 Å². The Morgan fingerprint density at radius 2 is 2.29 bits per heavy atom. The molecule has 0 saturated carbocycles. The number of rotatable bonds is 3. The Labute approximate surface area is 80.6 Å². The average molecular weight is 188 g/mol. The number of hydrogen-bond acceptors (Lipinski definition) is 4. The molecule has 0 aromatic carbocycles. The highest BCUT2D eigenvalue weighted by Crippen LogP contribution is 2.06. The molecule has 0 spiro atoms. The van der Waals surface area contributed by atoms with Gasteiger partial charge in [0.1, 0.15) is 5.76 Å². The number of nitrogens with zero attached hydrogens (tertiary/aromatic N) is 2. The van der Waals surface area contributed by atoms with Crippen molar-refractivity contribution in [2.24, 2.45) is 0 Å². The second-order valence-electron chi connectivity index (χ2n) is 2.81. The normalized spacial score (nSPS) is 10.0. The Morgan fingerprint density at radius 1 is 1.36 bits per heavy atom. The van der Waals surface area contributed by atoms with Crippen molar-refractivity contribution in [3.05, 3.63) is 48.2 Å². The fourth-order valence-corrected chi connectivity index (χ4v) is 1.13. The van der Waals surface area contributed by atoms with Crippen molar-refractivity contribution in [1.29, 1.82) is 0 Å². The first-order valence-corrected chi connectivity index (χ1v) is 4.18. The summed E-state index contributed by atoms with van der Waals surface area (Å²) in [6.45, 7) is 0. The lowest BCUT2D eigenvalue weighted by atomic mass is 10.1. The maximum Gasteiger partial charge on any atom is 0.172 e. The zero-order valence-corrected chi connectivity index (χ0v) is 7.38. The van der Waals surface area contributed by atoms with E-state index in [1.807, 2.05) is 0 Å². The molecule has 2 aromatic rings. The van der Waals surface area contributed by atoms with E-state index in [9.17, 15) is 4.79 Å². The Bertz CT molecular complexity index is 409. The second-order valence-corrected chi connectivity index (χ2v) is 2.81. The van der Waals surface area contributed by atoms with Crippen molar-refractivity contribution >= 4 is 5.78 Å². The van der Waals surface area contributed by atoms with Gasteiger partial charge in [-0.25, -0.2) is 0 Å². The molecule has 0 bridgehead atoms. The zero-order valence-electron chi connectivity index (χ0n) is 7.38. The van der Waals surface area contributed by atoms with Crippen LogP contribution in [0, 0.1) is 0 Å². The van der Waals surface area contributed by atoms with Gasteiger partial charge < -0.3 is 4.42 Å². The molecular formula is C10H8N2O2. The predicted molar refractivity (Wildman–Crippen MR) is 48.8 cm³/mol. The number of carbonyl (C=O) groups excluding carboxylic acids is 1. The molecule has 0 N–H and O–H groups in total. The Morgan fingerprint density at radius 3 is 2.93 bits per heavy atom. The maximum absolute atomic E-state index is 11.6. The smallest absolute Gasteiger partial charge is 0.172 e. The van der Waals surface area contributed by atoms with Gasteiger partial charge in [0.05, 0.1) is 25.1 Å². The summed E-state index contributed by atoms with van der Waals surface area (Å²) in [4.78, 5) is 11.6. The van der Waals surface area contributed by atoms with Crippen molar-refractivity contribution in [1.82, 2.24) is 10.2 Å². The van der Waals surface area contributed by atoms with Gasteiger partial charge in [-0.05, 0) is 18.2 Å². The first-order valence-electron chi connectivity index (χ1n) is 4.18. The molecule has 0 aliphatic carbocycles. The van der Waals surface area contributed by atoms with E-state index < -0.39 is 0 Å². The van der Waals surface area contributed by atoms with Crippen LogP contribution in [0.25, 0.3) is 0 Å². The minimum Gasteiger partial charge on any atom is -0.469 e. The summed E-state index contributed by atoms with van der Waals surface area (Å²) >= 11 is 0. The minimum atomic E-state index is -0.0187. The molecule has 0 fully saturated rings. The third-order valence-electron chi connectivity index (χ3n) is 1.82. The Balaban J connectivity index is 2.11. The highest BCUT2D eigenvalue weighted by Gasteiger charge is 2.08. The third-order valence-corrected chi connectivity index (χ3v) is 1.82. The minimum absolute atomic E-state index is 0.0187. The van der Waals surface area contributed by atoms with Crippen molar-refractivity contribution < 1.29 is 9.21 Å². The van der Waals surface area contributed by atoms with E-state index in [-0.39, 0.29) is 12.2 Å². The molecule has 0 saturated heterocycles. The van der Waals surface area contributed by atoms with Crippen LogP contribution in [0.1, 0.15) is 16.1 Å². The van der Waals surface area contributed by atoms with Gasteiger partial charge in [0.2, 0.25) is 0 Å². The lowest BCUT2D eigenvalue weighted by Gasteiger charge is -1.96. The van der Waals surface area contributed by atoms with Gasteiger partial charge in [-0.1, -0.05) is 0 Å². The lowest BCUT2D eigenvalue weighted by molar-refractivity contribution is 0.0986. The average Bonchev–Trinajstić information content (AvgIpc) is 2.72. The monoisotopic (exact) mass is 188 g/mol. The van der Waals surface area contributed by atoms with E-state index in [1.165, 1.54) is 12.4 Å². The third kappa shape index (κ3) is 1.85. The molecule has 0 atom stereocenters. The Hall–Kier alpha value is -1.97. The van der Waals surface area contributed by atoms with Crippen LogP contribution in [0.2, 0.25) is 0 Å². The second kappa shape index (κ2) is 3.83. The van der Waals surface area contributed by atoms with Gasteiger partial charge in [-0.3, -0.25) is 4.79 Å². The number of hydrogen-bond donors (Lipinski definition) is 0. The highest BCUT2D eigenvalue weighted by molar-refractivity contribution is 5.96. The molecule has 0 unspecified atom stereocenters. The molecular weight excluding hydrogens is 180 g/mol. The maximum atomic E-state index is 11.6. The SMILES string of the molecule is O=C(Cc1ccco1)c1ccnnc1. The first kappa shape index (κ1) is 8.62. The number of aromatic nitrogens is 2. The van der Waals surface area contributed by atoms with Crippen LogP contribution >= 0.6 is 0 Å². The van der Waals surface area contributed by atoms with Crippen LogP contribution in [-0.4, -0.2) is 16.0 Å². The van der Waals surface area contributed by atoms with Crippen LogP contribution in [0.4, 0.5) is 0 Å². The van der Waals surface area contributed by atoms with Crippen molar-refractivity contribution in [2.75, 3.05) is 0 Å². The number of carbonyl (C=O) groups is 1. The van der Waals surface area contributed by atoms with Gasteiger partial charge in [0, 0.05) is 5.56 Å². The van der Waals surface area contributed by atoms with E-state index in [0.29, 0.717) is 11.3 Å². The van der Waals surface area contributed by atoms with Gasteiger partial charge in [0.25, 0.3) is 0 Å². The standard InChI is InChI=1S/C10H8N2O2/c13-10(6-9-2-1-5-14-9)8-3-4-11-12-7-8/h1-5,7H,6H2. The number of furan rings is 1. The van der Waals surface area contributed by atoms with Crippen LogP contribution in [0.5, 0.6) is 0 Å². The van der Waals surface area contributed by atoms with Crippen LogP contribution in [-0.2, 0) is 6.42 Å². The molecule has 0 radical (unpaired) electrons. The first-order chi connectivity index (χ1) is 6.86. The number of Topliss-reactive ketones (excluding diaryl/α,β-unsaturated/α-hetero) is 1. The predicted octanol–water partition coefficient (Wildman–Crippen LogP) is 1.49. The summed E-state index contributed by atoms with van der Waals surface area (Å²) < 4.78 is 5.07. The van der Waals surface area contributed by atoms with E-state index >= 15 is 0 Å². The molecule has 0 aliphatic rings. The van der Waals surface area contributed by atoms with Crippen molar-refractivity contribution in [3.63, 3.8) is 0 Å². The molecule has 2 heterocycles. The van der Waals surface area contributed by atoms with E-state index in [2.05, 4.69) is 10.2 Å². The van der Waals surface area contributed by atoms with E-state index in [0.717, 1.165) is 0 Å². The molecule has 14 heavy (non-hydrogen) atoms. The van der Waals surface area contributed by atoms with Crippen molar-refractivity contribution in [2.45, 2.75) is 6.42 Å². The quantitative estimate of drug-likeness (QED) is 0.685. The molecule has 0 amide bonds. The lowest BCUT2D eigenvalue weighted by Crippen LogP contribution is -2.03. The summed E-state index contributed by atoms with van der Waals surface area (Å²) in [5, 5.41) is 7.23.